The number of Topliss-reactive ketones (excluding diaryl/α,β-unsaturated/α-hetero) is 1. The average Bonchev–Trinajstić information content (AvgIpc) is 3.52. The summed E-state index contributed by atoms with van der Waals surface area (Å²) in [6.07, 6.45) is 5.72. The van der Waals surface area contributed by atoms with Gasteiger partial charge in [0.1, 0.15) is 11.5 Å². The molecule has 0 bridgehead atoms. The van der Waals surface area contributed by atoms with Crippen molar-refractivity contribution in [2.24, 2.45) is 23.7 Å². The number of methoxy groups -OCH3 is 1. The molecule has 0 radical (unpaired) electrons. The Balaban J connectivity index is 1.27. The zero-order chi connectivity index (χ0) is 23.1. The van der Waals surface area contributed by atoms with Gasteiger partial charge < -0.3 is 9.47 Å². The van der Waals surface area contributed by atoms with Crippen LogP contribution >= 0.6 is 12.6 Å². The number of hydrogen-bond acceptors (Lipinski definition) is 6. The lowest BCUT2D eigenvalue weighted by atomic mass is 9.75. The van der Waals surface area contributed by atoms with Crippen molar-refractivity contribution in [3.63, 3.8) is 0 Å². The van der Waals surface area contributed by atoms with Crippen molar-refractivity contribution < 1.29 is 23.9 Å². The first kappa shape index (κ1) is 21.8. The van der Waals surface area contributed by atoms with E-state index in [0.29, 0.717) is 40.3 Å². The summed E-state index contributed by atoms with van der Waals surface area (Å²) in [5.41, 5.74) is 0.981. The van der Waals surface area contributed by atoms with Gasteiger partial charge in [-0.2, -0.15) is 12.6 Å². The van der Waals surface area contributed by atoms with Crippen LogP contribution in [0.3, 0.4) is 0 Å². The highest BCUT2D eigenvalue weighted by Gasteiger charge is 2.56. The van der Waals surface area contributed by atoms with Crippen molar-refractivity contribution in [2.45, 2.75) is 18.1 Å². The van der Waals surface area contributed by atoms with Gasteiger partial charge in [0.05, 0.1) is 30.2 Å². The molecule has 1 saturated heterocycles. The maximum Gasteiger partial charge on any atom is 0.238 e. The SMILES string of the molecule is COc1ccccc1C(=O)COc1ccc(N2C(=O)C3CC=CC([C@H]4C[C@H]4S)C3C2=O)cc1. The Hall–Kier alpha value is -3.06. The fourth-order valence-electron chi connectivity index (χ4n) is 5.00. The Bertz CT molecular complexity index is 1130. The van der Waals surface area contributed by atoms with E-state index in [1.807, 2.05) is 6.08 Å². The van der Waals surface area contributed by atoms with Gasteiger partial charge in [0.15, 0.2) is 6.61 Å². The summed E-state index contributed by atoms with van der Waals surface area (Å²) in [5, 5.41) is 0.311. The van der Waals surface area contributed by atoms with Crippen LogP contribution in [0.5, 0.6) is 11.5 Å². The smallest absolute Gasteiger partial charge is 0.238 e. The minimum absolute atomic E-state index is 0.0799. The molecule has 3 aliphatic rings. The zero-order valence-corrected chi connectivity index (χ0v) is 19.1. The Labute approximate surface area is 198 Å². The third kappa shape index (κ3) is 3.95. The van der Waals surface area contributed by atoms with Gasteiger partial charge in [-0.1, -0.05) is 24.3 Å². The molecule has 5 rings (SSSR count). The fourth-order valence-corrected chi connectivity index (χ4v) is 5.44. The molecular formula is C26H25NO5S. The Morgan fingerprint density at radius 2 is 1.82 bits per heavy atom. The van der Waals surface area contributed by atoms with E-state index in [9.17, 15) is 14.4 Å². The predicted molar refractivity (Wildman–Crippen MR) is 127 cm³/mol. The van der Waals surface area contributed by atoms with E-state index >= 15 is 0 Å². The first-order valence-electron chi connectivity index (χ1n) is 11.1. The number of imide groups is 1. The Morgan fingerprint density at radius 3 is 2.52 bits per heavy atom. The van der Waals surface area contributed by atoms with Crippen LogP contribution in [0.4, 0.5) is 5.69 Å². The number of nitrogens with zero attached hydrogens (tertiary/aromatic N) is 1. The maximum absolute atomic E-state index is 13.3. The van der Waals surface area contributed by atoms with Crippen LogP contribution in [0, 0.1) is 23.7 Å². The molecular weight excluding hydrogens is 438 g/mol. The number of thiol groups is 1. The third-order valence-electron chi connectivity index (χ3n) is 6.81. The number of allylic oxidation sites excluding steroid dienone is 2. The van der Waals surface area contributed by atoms with Gasteiger partial charge in [0.2, 0.25) is 17.6 Å². The lowest BCUT2D eigenvalue weighted by Crippen LogP contribution is -2.32. The van der Waals surface area contributed by atoms with Gasteiger partial charge >= 0.3 is 0 Å². The first-order valence-corrected chi connectivity index (χ1v) is 11.6. The van der Waals surface area contributed by atoms with E-state index in [-0.39, 0.29) is 42.0 Å². The second-order valence-corrected chi connectivity index (χ2v) is 9.42. The van der Waals surface area contributed by atoms with Gasteiger partial charge in [-0.05, 0) is 61.1 Å². The average molecular weight is 464 g/mol. The fraction of sp³-hybridized carbons (Fsp3) is 0.346. The quantitative estimate of drug-likeness (QED) is 0.291. The van der Waals surface area contributed by atoms with Crippen LogP contribution < -0.4 is 14.4 Å². The van der Waals surface area contributed by atoms with E-state index in [1.165, 1.54) is 12.0 Å². The van der Waals surface area contributed by atoms with E-state index in [2.05, 4.69) is 18.7 Å². The second-order valence-electron chi connectivity index (χ2n) is 8.76. The van der Waals surface area contributed by atoms with Crippen molar-refractivity contribution in [3.05, 3.63) is 66.2 Å². The molecule has 1 saturated carbocycles. The first-order chi connectivity index (χ1) is 16.0. The molecule has 2 amide bonds. The summed E-state index contributed by atoms with van der Waals surface area (Å²) < 4.78 is 10.9. The van der Waals surface area contributed by atoms with E-state index in [4.69, 9.17) is 9.47 Å². The number of anilines is 1. The number of fused-ring (bicyclic) bond motifs is 1. The molecule has 0 N–H and O–H groups in total. The van der Waals surface area contributed by atoms with Gasteiger partial charge in [-0.3, -0.25) is 19.3 Å². The van der Waals surface area contributed by atoms with Gasteiger partial charge in [0, 0.05) is 5.25 Å². The highest BCUT2D eigenvalue weighted by atomic mass is 32.1. The number of carbonyl (C=O) groups is 3. The molecule has 33 heavy (non-hydrogen) atoms. The molecule has 7 heteroatoms. The van der Waals surface area contributed by atoms with Crippen LogP contribution in [0.15, 0.2) is 60.7 Å². The topological polar surface area (TPSA) is 72.9 Å². The molecule has 2 aromatic rings. The highest BCUT2D eigenvalue weighted by Crippen LogP contribution is 2.52. The molecule has 1 aliphatic heterocycles. The molecule has 2 aromatic carbocycles. The van der Waals surface area contributed by atoms with Crippen LogP contribution in [-0.2, 0) is 9.59 Å². The van der Waals surface area contributed by atoms with Gasteiger partial charge in [-0.25, -0.2) is 0 Å². The zero-order valence-electron chi connectivity index (χ0n) is 18.2. The number of carbonyl (C=O) groups excluding carboxylic acids is 3. The standard InChI is InChI=1S/C26H25NO5S/c1-31-22-8-3-2-5-18(22)21(28)14-32-16-11-9-15(10-12-16)27-25(29)19-7-4-6-17(20-13-23(20)33)24(19)26(27)30/h2-6,8-12,17,19-20,23-24,33H,7,13-14H2,1H3/t17?,19?,20-,23-,24?/m1/s1. The van der Waals surface area contributed by atoms with Crippen LogP contribution in [-0.4, -0.2) is 36.6 Å². The van der Waals surface area contributed by atoms with E-state index in [1.54, 1.807) is 48.5 Å². The largest absolute Gasteiger partial charge is 0.496 e. The number of hydrogen-bond donors (Lipinski definition) is 1. The third-order valence-corrected chi connectivity index (χ3v) is 7.40. The summed E-state index contributed by atoms with van der Waals surface area (Å²) in [7, 11) is 1.52. The number of ketones is 1. The van der Waals surface area contributed by atoms with Crippen molar-refractivity contribution in [3.8, 4) is 11.5 Å². The van der Waals surface area contributed by atoms with Gasteiger partial charge in [0.25, 0.3) is 0 Å². The number of rotatable bonds is 7. The van der Waals surface area contributed by atoms with Crippen LogP contribution in [0.25, 0.3) is 0 Å². The number of benzene rings is 2. The monoisotopic (exact) mass is 463 g/mol. The molecule has 3 unspecified atom stereocenters. The van der Waals surface area contributed by atoms with Crippen molar-refractivity contribution in [1.82, 2.24) is 0 Å². The minimum atomic E-state index is -0.306. The molecule has 5 atom stereocenters. The number of para-hydroxylation sites is 1. The Morgan fingerprint density at radius 1 is 1.09 bits per heavy atom. The molecule has 1 heterocycles. The van der Waals surface area contributed by atoms with Crippen molar-refractivity contribution in [1.29, 1.82) is 0 Å². The summed E-state index contributed by atoms with van der Waals surface area (Å²) in [6.45, 7) is -0.148. The van der Waals surface area contributed by atoms with Crippen LogP contribution in [0.1, 0.15) is 23.2 Å². The minimum Gasteiger partial charge on any atom is -0.496 e. The lowest BCUT2D eigenvalue weighted by molar-refractivity contribution is -0.122. The van der Waals surface area contributed by atoms with E-state index < -0.39 is 0 Å². The summed E-state index contributed by atoms with van der Waals surface area (Å²) >= 11 is 4.55. The molecule has 170 valence electrons. The van der Waals surface area contributed by atoms with E-state index in [0.717, 1.165) is 6.42 Å². The second kappa shape index (κ2) is 8.71. The molecule has 2 aliphatic carbocycles. The molecule has 0 aromatic heterocycles. The summed E-state index contributed by atoms with van der Waals surface area (Å²) in [4.78, 5) is 40.2. The maximum atomic E-state index is 13.3. The van der Waals surface area contributed by atoms with Crippen molar-refractivity contribution in [2.75, 3.05) is 18.6 Å². The molecule has 6 nitrogen and oxygen atoms in total. The molecule has 2 fully saturated rings. The summed E-state index contributed by atoms with van der Waals surface area (Å²) in [6, 6.07) is 13.7. The highest BCUT2D eigenvalue weighted by molar-refractivity contribution is 7.81. The van der Waals surface area contributed by atoms with Crippen molar-refractivity contribution >= 4 is 35.9 Å². The lowest BCUT2D eigenvalue weighted by Gasteiger charge is -2.26. The number of ether oxygens (including phenoxy) is 2. The Kier molecular flexibility index (Phi) is 5.74. The normalized spacial score (nSPS) is 27.9. The van der Waals surface area contributed by atoms with Crippen LogP contribution in [0.2, 0.25) is 0 Å². The molecule has 0 spiro atoms. The summed E-state index contributed by atoms with van der Waals surface area (Å²) in [5.74, 6) is 0.337. The predicted octanol–water partition coefficient (Wildman–Crippen LogP) is 3.96. The van der Waals surface area contributed by atoms with Gasteiger partial charge in [-0.15, -0.1) is 0 Å². The number of amides is 2.